The first-order valence-electron chi connectivity index (χ1n) is 6.30. The maximum Gasteiger partial charge on any atom is 0.433 e. The first-order chi connectivity index (χ1) is 9.45. The third-order valence-corrected chi connectivity index (χ3v) is 3.46. The van der Waals surface area contributed by atoms with Crippen LogP contribution in [0.15, 0.2) is 12.1 Å². The van der Waals surface area contributed by atoms with Gasteiger partial charge in [-0.3, -0.25) is 0 Å². The number of rotatable bonds is 2. The molecule has 1 aliphatic heterocycles. The van der Waals surface area contributed by atoms with Crippen LogP contribution in [-0.4, -0.2) is 29.8 Å². The highest BCUT2D eigenvalue weighted by Gasteiger charge is 2.34. The van der Waals surface area contributed by atoms with Gasteiger partial charge in [-0.25, -0.2) is 4.98 Å². The number of hydrogen-bond donors (Lipinski definition) is 1. The SMILES string of the molecule is N#Cc1ccc(C(F)(F)F)nc1N1CCC(CO)CC1. The molecule has 0 aliphatic carbocycles. The molecule has 0 unspecified atom stereocenters. The van der Waals surface area contributed by atoms with Crippen LogP contribution in [0.25, 0.3) is 0 Å². The van der Waals surface area contributed by atoms with Gasteiger partial charge in [-0.15, -0.1) is 0 Å². The van der Waals surface area contributed by atoms with Gasteiger partial charge in [0.2, 0.25) is 0 Å². The number of hydrogen-bond acceptors (Lipinski definition) is 4. The van der Waals surface area contributed by atoms with E-state index in [0.717, 1.165) is 12.1 Å². The maximum absolute atomic E-state index is 12.7. The van der Waals surface area contributed by atoms with Gasteiger partial charge in [0, 0.05) is 19.7 Å². The van der Waals surface area contributed by atoms with E-state index in [0.29, 0.717) is 25.9 Å². The summed E-state index contributed by atoms with van der Waals surface area (Å²) >= 11 is 0. The number of alkyl halides is 3. The van der Waals surface area contributed by atoms with Crippen LogP contribution in [0.2, 0.25) is 0 Å². The van der Waals surface area contributed by atoms with Crippen LogP contribution in [0.1, 0.15) is 24.1 Å². The zero-order chi connectivity index (χ0) is 14.8. The number of piperidine rings is 1. The number of nitrogens with zero attached hydrogens (tertiary/aromatic N) is 3. The topological polar surface area (TPSA) is 60.2 Å². The third kappa shape index (κ3) is 3.02. The molecule has 0 radical (unpaired) electrons. The summed E-state index contributed by atoms with van der Waals surface area (Å²) in [7, 11) is 0. The number of aliphatic hydroxyl groups is 1. The molecule has 4 nitrogen and oxygen atoms in total. The average molecular weight is 285 g/mol. The van der Waals surface area contributed by atoms with Crippen molar-refractivity contribution < 1.29 is 18.3 Å². The molecule has 0 spiro atoms. The molecule has 1 aromatic rings. The van der Waals surface area contributed by atoms with Crippen molar-refractivity contribution in [3.8, 4) is 6.07 Å². The van der Waals surface area contributed by atoms with Crippen LogP contribution in [0.3, 0.4) is 0 Å². The zero-order valence-electron chi connectivity index (χ0n) is 10.7. The number of anilines is 1. The van der Waals surface area contributed by atoms with Crippen molar-refractivity contribution in [2.24, 2.45) is 5.92 Å². The molecule has 7 heteroatoms. The Morgan fingerprint density at radius 3 is 2.50 bits per heavy atom. The van der Waals surface area contributed by atoms with E-state index in [9.17, 15) is 13.2 Å². The predicted octanol–water partition coefficient (Wildman–Crippen LogP) is 2.18. The number of nitriles is 1. The summed E-state index contributed by atoms with van der Waals surface area (Å²) in [6, 6.07) is 3.85. The Hall–Kier alpha value is -1.81. The smallest absolute Gasteiger partial charge is 0.396 e. The highest BCUT2D eigenvalue weighted by Crippen LogP contribution is 2.31. The lowest BCUT2D eigenvalue weighted by molar-refractivity contribution is -0.141. The molecule has 1 aromatic heterocycles. The lowest BCUT2D eigenvalue weighted by Crippen LogP contribution is -2.36. The second-order valence-electron chi connectivity index (χ2n) is 4.79. The van der Waals surface area contributed by atoms with Gasteiger partial charge < -0.3 is 10.0 Å². The van der Waals surface area contributed by atoms with E-state index in [1.165, 1.54) is 0 Å². The number of aromatic nitrogens is 1. The number of aliphatic hydroxyl groups excluding tert-OH is 1. The fourth-order valence-corrected chi connectivity index (χ4v) is 2.26. The van der Waals surface area contributed by atoms with Gasteiger partial charge in [-0.1, -0.05) is 0 Å². The first-order valence-corrected chi connectivity index (χ1v) is 6.30. The molecule has 2 rings (SSSR count). The Labute approximate surface area is 114 Å². The van der Waals surface area contributed by atoms with Crippen LogP contribution < -0.4 is 4.90 Å². The molecule has 20 heavy (non-hydrogen) atoms. The maximum atomic E-state index is 12.7. The Morgan fingerprint density at radius 2 is 2.00 bits per heavy atom. The molecule has 1 saturated heterocycles. The van der Waals surface area contributed by atoms with Crippen LogP contribution in [0.5, 0.6) is 0 Å². The molecular weight excluding hydrogens is 271 g/mol. The third-order valence-electron chi connectivity index (χ3n) is 3.46. The first kappa shape index (κ1) is 14.6. The molecule has 1 aliphatic rings. The van der Waals surface area contributed by atoms with Gasteiger partial charge in [0.25, 0.3) is 0 Å². The molecule has 0 atom stereocenters. The molecule has 108 valence electrons. The van der Waals surface area contributed by atoms with E-state index in [-0.39, 0.29) is 23.9 Å². The Balaban J connectivity index is 2.28. The highest BCUT2D eigenvalue weighted by molar-refractivity contribution is 5.54. The monoisotopic (exact) mass is 285 g/mol. The summed E-state index contributed by atoms with van der Waals surface area (Å²) in [6.07, 6.45) is -3.16. The van der Waals surface area contributed by atoms with E-state index < -0.39 is 11.9 Å². The van der Waals surface area contributed by atoms with Gasteiger partial charge in [0.1, 0.15) is 17.6 Å². The lowest BCUT2D eigenvalue weighted by atomic mass is 9.97. The van der Waals surface area contributed by atoms with E-state index in [1.807, 2.05) is 6.07 Å². The molecule has 0 saturated carbocycles. The minimum Gasteiger partial charge on any atom is -0.396 e. The standard InChI is InChI=1S/C13H14F3N3O/c14-13(15,16)11-2-1-10(7-17)12(18-11)19-5-3-9(8-20)4-6-19/h1-2,9,20H,3-6,8H2. The second-order valence-corrected chi connectivity index (χ2v) is 4.79. The fourth-order valence-electron chi connectivity index (χ4n) is 2.26. The summed E-state index contributed by atoms with van der Waals surface area (Å²) in [4.78, 5) is 5.29. The Morgan fingerprint density at radius 1 is 1.35 bits per heavy atom. The quantitative estimate of drug-likeness (QED) is 0.904. The van der Waals surface area contributed by atoms with Crippen LogP contribution in [0.4, 0.5) is 19.0 Å². The van der Waals surface area contributed by atoms with Crippen LogP contribution >= 0.6 is 0 Å². The molecular formula is C13H14F3N3O. The van der Waals surface area contributed by atoms with E-state index in [1.54, 1.807) is 4.90 Å². The van der Waals surface area contributed by atoms with Crippen molar-refractivity contribution in [3.63, 3.8) is 0 Å². The van der Waals surface area contributed by atoms with Crippen molar-refractivity contribution in [1.29, 1.82) is 5.26 Å². The van der Waals surface area contributed by atoms with Crippen molar-refractivity contribution in [2.75, 3.05) is 24.6 Å². The minimum absolute atomic E-state index is 0.0783. The van der Waals surface area contributed by atoms with Crippen molar-refractivity contribution >= 4 is 5.82 Å². The molecule has 2 heterocycles. The van der Waals surface area contributed by atoms with E-state index in [2.05, 4.69) is 4.98 Å². The highest BCUT2D eigenvalue weighted by atomic mass is 19.4. The van der Waals surface area contributed by atoms with Gasteiger partial charge in [-0.05, 0) is 30.9 Å². The summed E-state index contributed by atoms with van der Waals surface area (Å²) in [5.74, 6) is 0.251. The van der Waals surface area contributed by atoms with Gasteiger partial charge >= 0.3 is 6.18 Å². The minimum atomic E-state index is -4.52. The Bertz CT molecular complexity index is 517. The number of halogens is 3. The molecule has 1 fully saturated rings. The summed E-state index contributed by atoms with van der Waals surface area (Å²) in [5, 5.41) is 18.1. The van der Waals surface area contributed by atoms with Crippen LogP contribution in [-0.2, 0) is 6.18 Å². The molecule has 0 aromatic carbocycles. The molecule has 1 N–H and O–H groups in total. The zero-order valence-corrected chi connectivity index (χ0v) is 10.7. The Kier molecular flexibility index (Phi) is 4.14. The molecule has 0 amide bonds. The predicted molar refractivity (Wildman–Crippen MR) is 66.0 cm³/mol. The van der Waals surface area contributed by atoms with Gasteiger partial charge in [0.05, 0.1) is 5.56 Å². The van der Waals surface area contributed by atoms with Gasteiger partial charge in [-0.2, -0.15) is 18.4 Å². The summed E-state index contributed by atoms with van der Waals surface area (Å²) in [5.41, 5.74) is -0.851. The number of pyridine rings is 1. The second kappa shape index (κ2) is 5.67. The van der Waals surface area contributed by atoms with E-state index in [4.69, 9.17) is 10.4 Å². The summed E-state index contributed by atoms with van der Waals surface area (Å²) < 4.78 is 38.1. The molecule has 0 bridgehead atoms. The van der Waals surface area contributed by atoms with Gasteiger partial charge in [0.15, 0.2) is 0 Å². The van der Waals surface area contributed by atoms with E-state index >= 15 is 0 Å². The lowest BCUT2D eigenvalue weighted by Gasteiger charge is -2.32. The van der Waals surface area contributed by atoms with Crippen molar-refractivity contribution in [3.05, 3.63) is 23.4 Å². The van der Waals surface area contributed by atoms with Crippen molar-refractivity contribution in [1.82, 2.24) is 4.98 Å². The largest absolute Gasteiger partial charge is 0.433 e. The fraction of sp³-hybridized carbons (Fsp3) is 0.538. The normalized spacial score (nSPS) is 17.1. The van der Waals surface area contributed by atoms with Crippen LogP contribution in [0, 0.1) is 17.2 Å². The average Bonchev–Trinajstić information content (AvgIpc) is 2.45. The summed E-state index contributed by atoms with van der Waals surface area (Å²) in [6.45, 7) is 1.07. The van der Waals surface area contributed by atoms with Crippen molar-refractivity contribution in [2.45, 2.75) is 19.0 Å².